The van der Waals surface area contributed by atoms with Gasteiger partial charge in [0.1, 0.15) is 0 Å². The largest absolute Gasteiger partial charge is 0.399 e. The van der Waals surface area contributed by atoms with Gasteiger partial charge in [0.25, 0.3) is 0 Å². The molecule has 1 saturated heterocycles. The molecule has 0 unspecified atom stereocenters. The summed E-state index contributed by atoms with van der Waals surface area (Å²) >= 11 is 0. The minimum atomic E-state index is 0.650. The Labute approximate surface area is 116 Å². The Hall–Kier alpha value is -1.10. The van der Waals surface area contributed by atoms with Crippen LogP contribution in [0.4, 0.5) is 5.69 Å². The van der Waals surface area contributed by atoms with Crippen molar-refractivity contribution in [1.82, 2.24) is 9.80 Å². The summed E-state index contributed by atoms with van der Waals surface area (Å²) in [4.78, 5) is 4.71. The second kappa shape index (κ2) is 6.89. The fraction of sp³-hybridized carbons (Fsp3) is 0.600. The smallest absolute Gasteiger partial charge is 0.0994 e. The van der Waals surface area contributed by atoms with Crippen LogP contribution < -0.4 is 5.73 Å². The van der Waals surface area contributed by atoms with Gasteiger partial charge < -0.3 is 15.4 Å². The zero-order chi connectivity index (χ0) is 13.7. The zero-order valence-electron chi connectivity index (χ0n) is 12.0. The first kappa shape index (κ1) is 14.3. The van der Waals surface area contributed by atoms with E-state index in [9.17, 15) is 0 Å². The molecule has 2 rings (SSSR count). The van der Waals surface area contributed by atoms with Crippen LogP contribution in [0.3, 0.4) is 0 Å². The lowest BCUT2D eigenvalue weighted by Crippen LogP contribution is -2.42. The summed E-state index contributed by atoms with van der Waals surface area (Å²) in [7, 11) is 4.34. The normalized spacial score (nSPS) is 18.1. The lowest BCUT2D eigenvalue weighted by Gasteiger charge is -2.34. The predicted octanol–water partition coefficient (Wildman–Crippen LogP) is 1.77. The Morgan fingerprint density at radius 1 is 1.26 bits per heavy atom. The van der Waals surface area contributed by atoms with Crippen molar-refractivity contribution in [2.24, 2.45) is 0 Å². The molecule has 0 amide bonds. The molecule has 0 atom stereocenters. The van der Waals surface area contributed by atoms with Crippen LogP contribution in [-0.4, -0.2) is 49.8 Å². The molecule has 19 heavy (non-hydrogen) atoms. The maximum Gasteiger partial charge on any atom is 0.0994 e. The molecular formula is C15H25N3O. The van der Waals surface area contributed by atoms with Crippen molar-refractivity contribution in [3.63, 3.8) is 0 Å². The van der Waals surface area contributed by atoms with Crippen LogP contribution in [0.1, 0.15) is 18.4 Å². The van der Waals surface area contributed by atoms with Crippen LogP contribution in [0.25, 0.3) is 0 Å². The van der Waals surface area contributed by atoms with Crippen molar-refractivity contribution in [2.75, 3.05) is 39.6 Å². The van der Waals surface area contributed by atoms with Gasteiger partial charge in [0.15, 0.2) is 0 Å². The maximum atomic E-state index is 5.77. The molecule has 106 valence electrons. The molecule has 0 aliphatic carbocycles. The number of nitrogens with zero attached hydrogens (tertiary/aromatic N) is 2. The Balaban J connectivity index is 1.69. The van der Waals surface area contributed by atoms with E-state index in [1.807, 2.05) is 24.3 Å². The number of rotatable bonds is 5. The number of nitrogen functional groups attached to an aromatic ring is 1. The Bertz CT molecular complexity index is 371. The summed E-state index contributed by atoms with van der Waals surface area (Å²) in [6.45, 7) is 3.72. The van der Waals surface area contributed by atoms with E-state index in [0.29, 0.717) is 19.4 Å². The maximum absolute atomic E-state index is 5.77. The summed E-state index contributed by atoms with van der Waals surface area (Å²) in [6.07, 6.45) is 2.47. The molecule has 0 aromatic heterocycles. The van der Waals surface area contributed by atoms with Crippen LogP contribution in [0.5, 0.6) is 0 Å². The molecule has 2 N–H and O–H groups in total. The quantitative estimate of drug-likeness (QED) is 0.649. The fourth-order valence-electron chi connectivity index (χ4n) is 2.46. The van der Waals surface area contributed by atoms with E-state index in [1.165, 1.54) is 31.5 Å². The first-order chi connectivity index (χ1) is 9.15. The molecule has 0 spiro atoms. The molecule has 1 aliphatic rings. The van der Waals surface area contributed by atoms with Gasteiger partial charge in [-0.3, -0.25) is 4.90 Å². The molecule has 1 aromatic carbocycles. The Morgan fingerprint density at radius 2 is 1.89 bits per heavy atom. The first-order valence-electron chi connectivity index (χ1n) is 6.96. The molecule has 1 heterocycles. The van der Waals surface area contributed by atoms with Gasteiger partial charge in [-0.2, -0.15) is 0 Å². The van der Waals surface area contributed by atoms with Gasteiger partial charge in [0.2, 0.25) is 0 Å². The summed E-state index contributed by atoms with van der Waals surface area (Å²) < 4.78 is 5.77. The average molecular weight is 263 g/mol. The minimum Gasteiger partial charge on any atom is -0.399 e. The number of piperidine rings is 1. The highest BCUT2D eigenvalue weighted by Gasteiger charge is 2.20. The second-order valence-corrected chi connectivity index (χ2v) is 5.51. The van der Waals surface area contributed by atoms with Crippen LogP contribution >= 0.6 is 0 Å². The van der Waals surface area contributed by atoms with E-state index in [2.05, 4.69) is 23.9 Å². The van der Waals surface area contributed by atoms with Crippen LogP contribution in [0.15, 0.2) is 24.3 Å². The number of hydrogen-bond donors (Lipinski definition) is 1. The Kier molecular flexibility index (Phi) is 5.19. The van der Waals surface area contributed by atoms with E-state index in [0.717, 1.165) is 5.69 Å². The highest BCUT2D eigenvalue weighted by atomic mass is 16.5. The average Bonchev–Trinajstić information content (AvgIpc) is 2.41. The minimum absolute atomic E-state index is 0.650. The van der Waals surface area contributed by atoms with E-state index in [1.54, 1.807) is 0 Å². The number of hydrogen-bond acceptors (Lipinski definition) is 4. The molecule has 0 bridgehead atoms. The number of benzene rings is 1. The third-order valence-electron chi connectivity index (χ3n) is 3.85. The highest BCUT2D eigenvalue weighted by Crippen LogP contribution is 2.14. The monoisotopic (exact) mass is 263 g/mol. The van der Waals surface area contributed by atoms with Gasteiger partial charge in [-0.15, -0.1) is 0 Å². The summed E-state index contributed by atoms with van der Waals surface area (Å²) in [5, 5.41) is 0. The van der Waals surface area contributed by atoms with Crippen LogP contribution in [0, 0.1) is 0 Å². The van der Waals surface area contributed by atoms with Gasteiger partial charge in [-0.1, -0.05) is 12.1 Å². The first-order valence-corrected chi connectivity index (χ1v) is 6.96. The lowest BCUT2D eigenvalue weighted by molar-refractivity contribution is -0.00219. The van der Waals surface area contributed by atoms with E-state index in [4.69, 9.17) is 10.5 Å². The highest BCUT2D eigenvalue weighted by molar-refractivity contribution is 5.39. The van der Waals surface area contributed by atoms with Gasteiger partial charge in [-0.25, -0.2) is 0 Å². The lowest BCUT2D eigenvalue weighted by atomic mass is 10.1. The third kappa shape index (κ3) is 4.49. The van der Waals surface area contributed by atoms with Gasteiger partial charge in [-0.05, 0) is 57.7 Å². The molecular weight excluding hydrogens is 238 g/mol. The van der Waals surface area contributed by atoms with Crippen LogP contribution in [-0.2, 0) is 11.3 Å². The molecule has 4 heteroatoms. The molecule has 1 aliphatic heterocycles. The summed E-state index contributed by atoms with van der Waals surface area (Å²) in [5.41, 5.74) is 7.63. The van der Waals surface area contributed by atoms with Crippen molar-refractivity contribution in [1.29, 1.82) is 0 Å². The Morgan fingerprint density at radius 3 is 2.53 bits per heavy atom. The molecule has 4 nitrogen and oxygen atoms in total. The number of anilines is 1. The van der Waals surface area contributed by atoms with Crippen molar-refractivity contribution in [2.45, 2.75) is 25.5 Å². The van der Waals surface area contributed by atoms with Gasteiger partial charge in [0.05, 0.1) is 13.3 Å². The van der Waals surface area contributed by atoms with Gasteiger partial charge >= 0.3 is 0 Å². The summed E-state index contributed by atoms with van der Waals surface area (Å²) in [5.74, 6) is 0. The fourth-order valence-corrected chi connectivity index (χ4v) is 2.46. The number of likely N-dealkylation sites (tertiary alicyclic amines) is 1. The van der Waals surface area contributed by atoms with Crippen molar-refractivity contribution in [3.05, 3.63) is 29.8 Å². The van der Waals surface area contributed by atoms with E-state index in [-0.39, 0.29) is 0 Å². The molecule has 0 radical (unpaired) electrons. The topological polar surface area (TPSA) is 41.7 Å². The summed E-state index contributed by atoms with van der Waals surface area (Å²) in [6, 6.07) is 8.52. The SMILES string of the molecule is CN1CCC(N(C)COCc2ccc(N)cc2)CC1. The number of ether oxygens (including phenoxy) is 1. The van der Waals surface area contributed by atoms with Crippen molar-refractivity contribution in [3.8, 4) is 0 Å². The zero-order valence-corrected chi connectivity index (χ0v) is 12.0. The molecule has 1 fully saturated rings. The molecule has 0 saturated carbocycles. The van der Waals surface area contributed by atoms with E-state index < -0.39 is 0 Å². The van der Waals surface area contributed by atoms with Crippen LogP contribution in [0.2, 0.25) is 0 Å². The van der Waals surface area contributed by atoms with Gasteiger partial charge in [0, 0.05) is 11.7 Å². The third-order valence-corrected chi connectivity index (χ3v) is 3.85. The van der Waals surface area contributed by atoms with E-state index >= 15 is 0 Å². The van der Waals surface area contributed by atoms with Crippen molar-refractivity contribution < 1.29 is 4.74 Å². The number of nitrogens with two attached hydrogens (primary N) is 1. The standard InChI is InChI=1S/C15H25N3O/c1-17-9-7-15(8-10-17)18(2)12-19-11-13-3-5-14(16)6-4-13/h3-6,15H,7-12,16H2,1-2H3. The molecule has 1 aromatic rings. The van der Waals surface area contributed by atoms with Crippen molar-refractivity contribution >= 4 is 5.69 Å². The predicted molar refractivity (Wildman–Crippen MR) is 78.8 cm³/mol. The second-order valence-electron chi connectivity index (χ2n) is 5.51.